The lowest BCUT2D eigenvalue weighted by atomic mass is 9.94. The van der Waals surface area contributed by atoms with Crippen LogP contribution in [0.4, 0.5) is 0 Å². The van der Waals surface area contributed by atoms with Crippen molar-refractivity contribution < 1.29 is 10.2 Å². The first kappa shape index (κ1) is 22.0. The molecule has 0 aliphatic carbocycles. The Bertz CT molecular complexity index is 1290. The van der Waals surface area contributed by atoms with Crippen LogP contribution in [0.25, 0.3) is 5.57 Å². The molecule has 3 aromatic rings. The lowest BCUT2D eigenvalue weighted by molar-refractivity contribution is 0.0786. The Morgan fingerprint density at radius 1 is 1.19 bits per heavy atom. The third kappa shape index (κ3) is 4.70. The van der Waals surface area contributed by atoms with Gasteiger partial charge in [-0.1, -0.05) is 48.5 Å². The fourth-order valence-corrected chi connectivity index (χ4v) is 5.58. The molecule has 0 unspecified atom stereocenters. The van der Waals surface area contributed by atoms with Crippen LogP contribution >= 0.6 is 34.7 Å². The van der Waals surface area contributed by atoms with Crippen LogP contribution in [0, 0.1) is 0 Å². The minimum Gasteiger partial charge on any atom is -0.492 e. The normalized spacial score (nSPS) is 13.8. The molecule has 2 aromatic carbocycles. The molecule has 0 saturated carbocycles. The van der Waals surface area contributed by atoms with E-state index in [0.717, 1.165) is 47.8 Å². The number of hydrogen-bond donors (Lipinski definition) is 2. The van der Waals surface area contributed by atoms with Gasteiger partial charge in [0.25, 0.3) is 0 Å². The van der Waals surface area contributed by atoms with Crippen LogP contribution in [0.15, 0.2) is 50.9 Å². The lowest BCUT2D eigenvalue weighted by Gasteiger charge is -2.19. The summed E-state index contributed by atoms with van der Waals surface area (Å²) in [6, 6.07) is 11.6. The van der Waals surface area contributed by atoms with Gasteiger partial charge >= 0.3 is 0 Å². The van der Waals surface area contributed by atoms with Gasteiger partial charge in [0, 0.05) is 17.0 Å². The zero-order valence-corrected chi connectivity index (χ0v) is 19.8. The first-order chi connectivity index (χ1) is 14.8. The summed E-state index contributed by atoms with van der Waals surface area (Å²) in [5, 5.41) is 31.4. The molecule has 0 amide bonds. The second kappa shape index (κ2) is 8.74. The van der Waals surface area contributed by atoms with Gasteiger partial charge in [0.2, 0.25) is 5.88 Å². The molecule has 8 heteroatoms. The number of nitrogens with zero attached hydrogens (tertiary/aromatic N) is 3. The molecular weight excluding hydrogens is 450 g/mol. The maximum Gasteiger partial charge on any atom is 0.230 e. The predicted octanol–water partition coefficient (Wildman–Crippen LogP) is 4.25. The predicted molar refractivity (Wildman–Crippen MR) is 128 cm³/mol. The summed E-state index contributed by atoms with van der Waals surface area (Å²) < 4.78 is 0.827. The highest BCUT2D eigenvalue weighted by Crippen LogP contribution is 2.37. The highest BCUT2D eigenvalue weighted by molar-refractivity contribution is 8.01. The average molecular weight is 472 g/mol. The first-order valence-electron chi connectivity index (χ1n) is 9.85. The molecule has 1 aliphatic heterocycles. The van der Waals surface area contributed by atoms with Gasteiger partial charge in [-0.15, -0.1) is 11.3 Å². The molecule has 0 spiro atoms. The van der Waals surface area contributed by atoms with E-state index in [1.807, 2.05) is 30.3 Å². The van der Waals surface area contributed by atoms with Crippen LogP contribution in [-0.2, 0) is 12.0 Å². The Hall–Kier alpha value is -2.19. The van der Waals surface area contributed by atoms with E-state index in [1.54, 1.807) is 37.9 Å². The molecule has 31 heavy (non-hydrogen) atoms. The molecule has 4 rings (SSSR count). The van der Waals surface area contributed by atoms with E-state index in [1.165, 1.54) is 11.3 Å². The lowest BCUT2D eigenvalue weighted by Crippen LogP contribution is -2.17. The number of benzene rings is 2. The van der Waals surface area contributed by atoms with E-state index in [9.17, 15) is 10.2 Å². The van der Waals surface area contributed by atoms with Crippen LogP contribution in [-0.4, -0.2) is 27.2 Å². The summed E-state index contributed by atoms with van der Waals surface area (Å²) in [7, 11) is 0. The van der Waals surface area contributed by atoms with Crippen molar-refractivity contribution in [3.63, 3.8) is 0 Å². The number of fused-ring (bicyclic) bond motifs is 1. The van der Waals surface area contributed by atoms with E-state index < -0.39 is 5.60 Å². The van der Waals surface area contributed by atoms with Crippen molar-refractivity contribution in [3.8, 4) is 5.88 Å². The Balaban J connectivity index is 1.86. The van der Waals surface area contributed by atoms with Crippen molar-refractivity contribution in [2.75, 3.05) is 5.75 Å². The number of hydrogen-bond acceptors (Lipinski definition) is 7. The number of rotatable bonds is 6. The van der Waals surface area contributed by atoms with Gasteiger partial charge in [-0.2, -0.15) is 15.2 Å². The average Bonchev–Trinajstić information content (AvgIpc) is 3.32. The molecule has 160 valence electrons. The van der Waals surface area contributed by atoms with Crippen molar-refractivity contribution in [2.45, 2.75) is 37.1 Å². The standard InChI is InChI=1S/C23H22ClN3O2S2/c1-4-30-22-26-21(28)20(31-22)17(13-6-8-19-15(9-13)12-25-27-19)10-14-5-7-16(11-18(14)24)23(2,3)29/h5-9,11-12,28-29H,4,10H2,1-3H3. The van der Waals surface area contributed by atoms with Gasteiger partial charge in [0.1, 0.15) is 0 Å². The molecule has 1 aliphatic rings. The highest BCUT2D eigenvalue weighted by atomic mass is 35.5. The second-order valence-corrected chi connectivity index (χ2v) is 10.6. The van der Waals surface area contributed by atoms with Crippen molar-refractivity contribution in [2.24, 2.45) is 10.2 Å². The fraction of sp³-hybridized carbons (Fsp3) is 0.261. The molecule has 0 saturated heterocycles. The monoisotopic (exact) mass is 471 g/mol. The maximum absolute atomic E-state index is 10.6. The number of halogens is 1. The van der Waals surface area contributed by atoms with E-state index in [4.69, 9.17) is 11.6 Å². The van der Waals surface area contributed by atoms with Gasteiger partial charge < -0.3 is 10.2 Å². The SMILES string of the molecule is CCSc1nc(O)c(C(Cc2ccc(C(C)(C)O)cc2Cl)=c2ccc3c(c2)C=NN=3)s1. The van der Waals surface area contributed by atoms with Gasteiger partial charge in [0.15, 0.2) is 4.34 Å². The summed E-state index contributed by atoms with van der Waals surface area (Å²) in [6.07, 6.45) is 2.23. The number of aliphatic hydroxyl groups is 1. The quantitative estimate of drug-likeness (QED) is 0.527. The van der Waals surface area contributed by atoms with Crippen LogP contribution in [0.5, 0.6) is 5.88 Å². The highest BCUT2D eigenvalue weighted by Gasteiger charge is 2.20. The van der Waals surface area contributed by atoms with Crippen molar-refractivity contribution >= 4 is 46.5 Å². The van der Waals surface area contributed by atoms with E-state index in [-0.39, 0.29) is 5.88 Å². The maximum atomic E-state index is 10.6. The molecular formula is C23H22ClN3O2S2. The minimum atomic E-state index is -0.972. The molecule has 0 radical (unpaired) electrons. The van der Waals surface area contributed by atoms with Crippen molar-refractivity contribution in [1.82, 2.24) is 4.98 Å². The number of aromatic hydroxyl groups is 1. The summed E-state index contributed by atoms with van der Waals surface area (Å²) in [6.45, 7) is 5.52. The van der Waals surface area contributed by atoms with E-state index in [0.29, 0.717) is 11.4 Å². The third-order valence-corrected chi connectivity index (χ3v) is 7.48. The van der Waals surface area contributed by atoms with Gasteiger partial charge in [0.05, 0.1) is 22.1 Å². The van der Waals surface area contributed by atoms with Gasteiger partial charge in [-0.05, 0) is 59.7 Å². The first-order valence-corrected chi connectivity index (χ1v) is 12.0. The summed E-state index contributed by atoms with van der Waals surface area (Å²) >= 11 is 9.68. The molecule has 0 atom stereocenters. The summed E-state index contributed by atoms with van der Waals surface area (Å²) in [5.74, 6) is 0.905. The van der Waals surface area contributed by atoms with Crippen LogP contribution < -0.4 is 10.6 Å². The molecule has 2 N–H and O–H groups in total. The Morgan fingerprint density at radius 3 is 2.71 bits per heavy atom. The number of thiazole rings is 1. The summed E-state index contributed by atoms with van der Waals surface area (Å²) in [5.41, 5.74) is 2.55. The fourth-order valence-electron chi connectivity index (χ4n) is 3.34. The van der Waals surface area contributed by atoms with Crippen LogP contribution in [0.2, 0.25) is 5.02 Å². The van der Waals surface area contributed by atoms with Crippen LogP contribution in [0.3, 0.4) is 0 Å². The van der Waals surface area contributed by atoms with Gasteiger partial charge in [-0.25, -0.2) is 0 Å². The van der Waals surface area contributed by atoms with Gasteiger partial charge in [-0.3, -0.25) is 0 Å². The largest absolute Gasteiger partial charge is 0.492 e. The Morgan fingerprint density at radius 2 is 2.00 bits per heavy atom. The summed E-state index contributed by atoms with van der Waals surface area (Å²) in [4.78, 5) is 5.06. The Labute approximate surface area is 193 Å². The second-order valence-electron chi connectivity index (χ2n) is 7.70. The molecule has 0 bridgehead atoms. The Kier molecular flexibility index (Phi) is 6.21. The van der Waals surface area contributed by atoms with Crippen molar-refractivity contribution in [3.05, 3.63) is 73.6 Å². The zero-order valence-electron chi connectivity index (χ0n) is 17.4. The molecule has 1 aromatic heterocycles. The molecule has 0 fully saturated rings. The van der Waals surface area contributed by atoms with E-state index in [2.05, 4.69) is 22.1 Å². The number of thioether (sulfide) groups is 1. The molecule has 2 heterocycles. The molecule has 5 nitrogen and oxygen atoms in total. The van der Waals surface area contributed by atoms with E-state index >= 15 is 0 Å². The topological polar surface area (TPSA) is 78.1 Å². The minimum absolute atomic E-state index is 0.0269. The smallest absolute Gasteiger partial charge is 0.230 e. The third-order valence-electron chi connectivity index (χ3n) is 5.00. The van der Waals surface area contributed by atoms with Crippen LogP contribution in [0.1, 0.15) is 42.3 Å². The zero-order chi connectivity index (χ0) is 22.2. The number of aromatic nitrogens is 1. The van der Waals surface area contributed by atoms with Crippen molar-refractivity contribution in [1.29, 1.82) is 0 Å².